The molecule has 27 heavy (non-hydrogen) atoms. The zero-order chi connectivity index (χ0) is 19.2. The second kappa shape index (κ2) is 8.77. The van der Waals surface area contributed by atoms with Crippen molar-refractivity contribution in [2.24, 2.45) is 0 Å². The van der Waals surface area contributed by atoms with Gasteiger partial charge in [-0.15, -0.1) is 0 Å². The minimum absolute atomic E-state index is 0.0795. The topological polar surface area (TPSA) is 64.7 Å². The predicted molar refractivity (Wildman–Crippen MR) is 107 cm³/mol. The van der Waals surface area contributed by atoms with Crippen molar-refractivity contribution in [3.05, 3.63) is 64.7 Å². The van der Waals surface area contributed by atoms with Gasteiger partial charge in [0.25, 0.3) is 5.91 Å². The van der Waals surface area contributed by atoms with E-state index in [4.69, 9.17) is 11.6 Å². The van der Waals surface area contributed by atoms with E-state index in [1.165, 1.54) is 0 Å². The van der Waals surface area contributed by atoms with Crippen LogP contribution in [0.25, 0.3) is 0 Å². The van der Waals surface area contributed by atoms with Crippen LogP contribution < -0.4 is 15.5 Å². The van der Waals surface area contributed by atoms with Gasteiger partial charge in [-0.05, 0) is 29.8 Å². The van der Waals surface area contributed by atoms with Gasteiger partial charge in [0.15, 0.2) is 0 Å². The van der Waals surface area contributed by atoms with E-state index in [0.29, 0.717) is 25.2 Å². The molecule has 7 heteroatoms. The van der Waals surface area contributed by atoms with Gasteiger partial charge in [-0.3, -0.25) is 4.79 Å². The molecule has 1 fully saturated rings. The summed E-state index contributed by atoms with van der Waals surface area (Å²) >= 11 is 6.25. The Morgan fingerprint density at radius 2 is 1.67 bits per heavy atom. The summed E-state index contributed by atoms with van der Waals surface area (Å²) in [6, 6.07) is 14.9. The molecule has 1 aliphatic heterocycles. The highest BCUT2D eigenvalue weighted by atomic mass is 35.5. The SMILES string of the molecule is CNC(=O)c1ccc(CNC(=O)N2CCN(c3ccccc3Cl)CC2)cc1. The van der Waals surface area contributed by atoms with E-state index in [1.807, 2.05) is 41.3 Å². The van der Waals surface area contributed by atoms with Crippen LogP contribution in [-0.4, -0.2) is 50.1 Å². The second-order valence-corrected chi connectivity index (χ2v) is 6.77. The molecule has 6 nitrogen and oxygen atoms in total. The number of hydrogen-bond donors (Lipinski definition) is 2. The number of carbonyl (C=O) groups excluding carboxylic acids is 2. The van der Waals surface area contributed by atoms with Crippen molar-refractivity contribution in [1.29, 1.82) is 0 Å². The molecule has 2 aromatic rings. The van der Waals surface area contributed by atoms with Gasteiger partial charge >= 0.3 is 6.03 Å². The van der Waals surface area contributed by atoms with Gasteiger partial charge in [0.05, 0.1) is 10.7 Å². The van der Waals surface area contributed by atoms with E-state index in [0.717, 1.165) is 29.4 Å². The Morgan fingerprint density at radius 3 is 2.30 bits per heavy atom. The van der Waals surface area contributed by atoms with Crippen LogP contribution in [0.3, 0.4) is 0 Å². The van der Waals surface area contributed by atoms with Gasteiger partial charge in [0, 0.05) is 45.3 Å². The Labute approximate surface area is 164 Å². The molecule has 1 saturated heterocycles. The largest absolute Gasteiger partial charge is 0.367 e. The van der Waals surface area contributed by atoms with Crippen LogP contribution in [0.1, 0.15) is 15.9 Å². The lowest BCUT2D eigenvalue weighted by atomic mass is 10.1. The number of halogens is 1. The standard InChI is InChI=1S/C20H23ClN4O2/c1-22-19(26)16-8-6-15(7-9-16)14-23-20(27)25-12-10-24(11-13-25)18-5-3-2-4-17(18)21/h2-9H,10-14H2,1H3,(H,22,26)(H,23,27). The minimum Gasteiger partial charge on any atom is -0.367 e. The van der Waals surface area contributed by atoms with E-state index < -0.39 is 0 Å². The summed E-state index contributed by atoms with van der Waals surface area (Å²) in [5, 5.41) is 6.26. The number of urea groups is 1. The van der Waals surface area contributed by atoms with Crippen molar-refractivity contribution in [3.63, 3.8) is 0 Å². The minimum atomic E-state index is -0.123. The summed E-state index contributed by atoms with van der Waals surface area (Å²) in [6.45, 7) is 3.22. The number of rotatable bonds is 4. The summed E-state index contributed by atoms with van der Waals surface area (Å²) in [7, 11) is 1.60. The van der Waals surface area contributed by atoms with Crippen molar-refractivity contribution in [2.75, 3.05) is 38.1 Å². The monoisotopic (exact) mass is 386 g/mol. The number of piperazine rings is 1. The summed E-state index contributed by atoms with van der Waals surface area (Å²) in [5.41, 5.74) is 2.56. The quantitative estimate of drug-likeness (QED) is 0.849. The molecule has 0 atom stereocenters. The number of amides is 3. The average Bonchev–Trinajstić information content (AvgIpc) is 2.72. The third kappa shape index (κ3) is 4.71. The van der Waals surface area contributed by atoms with E-state index >= 15 is 0 Å². The molecule has 2 aromatic carbocycles. The van der Waals surface area contributed by atoms with Crippen molar-refractivity contribution >= 4 is 29.2 Å². The molecule has 0 unspecified atom stereocenters. The molecule has 1 heterocycles. The molecule has 1 aliphatic rings. The number of hydrogen-bond acceptors (Lipinski definition) is 3. The van der Waals surface area contributed by atoms with Gasteiger partial charge in [-0.2, -0.15) is 0 Å². The molecule has 142 valence electrons. The molecule has 0 radical (unpaired) electrons. The number of nitrogens with one attached hydrogen (secondary N) is 2. The maximum absolute atomic E-state index is 12.4. The number of benzene rings is 2. The van der Waals surface area contributed by atoms with Crippen molar-refractivity contribution in [3.8, 4) is 0 Å². The van der Waals surface area contributed by atoms with E-state index in [9.17, 15) is 9.59 Å². The van der Waals surface area contributed by atoms with E-state index in [2.05, 4.69) is 15.5 Å². The number of carbonyl (C=O) groups is 2. The fraction of sp³-hybridized carbons (Fsp3) is 0.300. The Bertz CT molecular complexity index is 802. The summed E-state index contributed by atoms with van der Waals surface area (Å²) in [6.07, 6.45) is 0. The Morgan fingerprint density at radius 1 is 1.00 bits per heavy atom. The summed E-state index contributed by atoms with van der Waals surface area (Å²) < 4.78 is 0. The lowest BCUT2D eigenvalue weighted by Crippen LogP contribution is -2.51. The third-order valence-electron chi connectivity index (χ3n) is 4.65. The number of nitrogens with zero attached hydrogens (tertiary/aromatic N) is 2. The Balaban J connectivity index is 1.48. The highest BCUT2D eigenvalue weighted by Gasteiger charge is 2.22. The lowest BCUT2D eigenvalue weighted by Gasteiger charge is -2.36. The Kier molecular flexibility index (Phi) is 6.19. The van der Waals surface area contributed by atoms with Crippen LogP contribution in [0, 0.1) is 0 Å². The fourth-order valence-electron chi connectivity index (χ4n) is 3.07. The fourth-order valence-corrected chi connectivity index (χ4v) is 3.32. The first kappa shape index (κ1) is 19.0. The van der Waals surface area contributed by atoms with E-state index in [1.54, 1.807) is 19.2 Å². The van der Waals surface area contributed by atoms with Crippen LogP contribution in [0.4, 0.5) is 10.5 Å². The van der Waals surface area contributed by atoms with Gasteiger partial charge < -0.3 is 20.4 Å². The zero-order valence-corrected chi connectivity index (χ0v) is 16.0. The molecule has 0 aromatic heterocycles. The van der Waals surface area contributed by atoms with E-state index in [-0.39, 0.29) is 11.9 Å². The molecule has 3 rings (SSSR count). The molecule has 0 bridgehead atoms. The van der Waals surface area contributed by atoms with Crippen LogP contribution in [-0.2, 0) is 6.54 Å². The highest BCUT2D eigenvalue weighted by molar-refractivity contribution is 6.33. The first-order valence-corrected chi connectivity index (χ1v) is 9.29. The molecule has 3 amide bonds. The van der Waals surface area contributed by atoms with Crippen molar-refractivity contribution in [1.82, 2.24) is 15.5 Å². The van der Waals surface area contributed by atoms with Gasteiger partial charge in [0.2, 0.25) is 0 Å². The zero-order valence-electron chi connectivity index (χ0n) is 15.2. The Hall–Kier alpha value is -2.73. The molecule has 0 saturated carbocycles. The van der Waals surface area contributed by atoms with Gasteiger partial charge in [-0.25, -0.2) is 4.79 Å². The van der Waals surface area contributed by atoms with Crippen molar-refractivity contribution in [2.45, 2.75) is 6.54 Å². The predicted octanol–water partition coefficient (Wildman–Crippen LogP) is 2.73. The van der Waals surface area contributed by atoms with Crippen LogP contribution in [0.2, 0.25) is 5.02 Å². The smallest absolute Gasteiger partial charge is 0.317 e. The normalized spacial score (nSPS) is 14.0. The maximum Gasteiger partial charge on any atom is 0.317 e. The summed E-state index contributed by atoms with van der Waals surface area (Å²) in [4.78, 5) is 28.0. The molecular weight excluding hydrogens is 364 g/mol. The third-order valence-corrected chi connectivity index (χ3v) is 4.97. The van der Waals surface area contributed by atoms with Gasteiger partial charge in [0.1, 0.15) is 0 Å². The first-order chi connectivity index (χ1) is 13.1. The van der Waals surface area contributed by atoms with Gasteiger partial charge in [-0.1, -0.05) is 35.9 Å². The average molecular weight is 387 g/mol. The highest BCUT2D eigenvalue weighted by Crippen LogP contribution is 2.25. The molecule has 0 spiro atoms. The van der Waals surface area contributed by atoms with Crippen molar-refractivity contribution < 1.29 is 9.59 Å². The lowest BCUT2D eigenvalue weighted by molar-refractivity contribution is 0.0963. The first-order valence-electron chi connectivity index (χ1n) is 8.92. The molecular formula is C20H23ClN4O2. The second-order valence-electron chi connectivity index (χ2n) is 6.36. The number of anilines is 1. The van der Waals surface area contributed by atoms with Crippen LogP contribution >= 0.6 is 11.6 Å². The van der Waals surface area contributed by atoms with Crippen LogP contribution in [0.5, 0.6) is 0 Å². The maximum atomic E-state index is 12.4. The molecule has 2 N–H and O–H groups in total. The summed E-state index contributed by atoms with van der Waals surface area (Å²) in [5.74, 6) is -0.123. The number of para-hydroxylation sites is 1. The van der Waals surface area contributed by atoms with Crippen LogP contribution in [0.15, 0.2) is 48.5 Å². The molecule has 0 aliphatic carbocycles.